The van der Waals surface area contributed by atoms with Crippen LogP contribution in [0.1, 0.15) is 54.4 Å². The fourth-order valence-electron chi connectivity index (χ4n) is 1.30. The molecule has 1 N–H and O–H groups in total. The van der Waals surface area contributed by atoms with Gasteiger partial charge in [-0.1, -0.05) is 27.7 Å². The number of ether oxygens (including phenoxy) is 1. The van der Waals surface area contributed by atoms with Gasteiger partial charge >= 0.3 is 5.97 Å². The third-order valence-electron chi connectivity index (χ3n) is 4.23. The topological polar surface area (TPSA) is 55.4 Å². The van der Waals surface area contributed by atoms with Crippen molar-refractivity contribution in [2.45, 2.75) is 54.4 Å². The first kappa shape index (κ1) is 27.1. The van der Waals surface area contributed by atoms with Crippen molar-refractivity contribution < 1.29 is 23.3 Å². The molecule has 156 valence electrons. The third-order valence-corrected chi connectivity index (χ3v) is 4.23. The Morgan fingerprint density at radius 2 is 1.23 bits per heavy atom. The summed E-state index contributed by atoms with van der Waals surface area (Å²) in [5, 5.41) is 2.95. The van der Waals surface area contributed by atoms with E-state index in [1.165, 1.54) is 0 Å². The van der Waals surface area contributed by atoms with E-state index in [9.17, 15) is 9.59 Å². The van der Waals surface area contributed by atoms with Crippen LogP contribution < -0.4 is 5.32 Å². The Morgan fingerprint density at radius 1 is 0.808 bits per heavy atom. The summed E-state index contributed by atoms with van der Waals surface area (Å²) in [4.78, 5) is 23.1. The lowest BCUT2D eigenvalue weighted by Crippen LogP contribution is -2.48. The van der Waals surface area contributed by atoms with Crippen LogP contribution in [0.15, 0.2) is 0 Å². The van der Waals surface area contributed by atoms with Gasteiger partial charge in [-0.2, -0.15) is 0 Å². The molecule has 0 saturated carbocycles. The predicted octanol–water partition coefficient (Wildman–Crippen LogP) is 2.83. The molecule has 1 amide bonds. The van der Waals surface area contributed by atoms with Gasteiger partial charge in [0.25, 0.3) is 0 Å². The van der Waals surface area contributed by atoms with Crippen LogP contribution in [-0.2, 0) is 14.3 Å². The van der Waals surface area contributed by atoms with Crippen LogP contribution in [-0.4, -0.2) is 76.5 Å². The Morgan fingerprint density at radius 3 is 1.54 bits per heavy atom. The Kier molecular flexibility index (Phi) is 10.7. The van der Waals surface area contributed by atoms with E-state index in [4.69, 9.17) is 4.74 Å². The second kappa shape index (κ2) is 10.3. The first-order valence-electron chi connectivity index (χ1n) is 9.44. The molecule has 0 bridgehead atoms. The van der Waals surface area contributed by atoms with E-state index in [-0.39, 0.29) is 22.7 Å². The van der Waals surface area contributed by atoms with Crippen LogP contribution in [0, 0.1) is 10.8 Å². The quantitative estimate of drug-likeness (QED) is 0.403. The molecule has 0 aromatic carbocycles. The number of carbonyl (C=O) groups excluding carboxylic acids is 2. The molecule has 0 aliphatic carbocycles. The molecule has 0 radical (unpaired) electrons. The summed E-state index contributed by atoms with van der Waals surface area (Å²) in [6, 6.07) is 0. The zero-order valence-electron chi connectivity index (χ0n) is 19.4. The Bertz CT molecular complexity index is 402. The monoisotopic (exact) mass is 375 g/mol. The third kappa shape index (κ3) is 13.1. The van der Waals surface area contributed by atoms with Crippen LogP contribution in [0.2, 0.25) is 0 Å². The van der Waals surface area contributed by atoms with E-state index in [1.807, 2.05) is 62.7 Å². The highest BCUT2D eigenvalue weighted by atomic mass is 16.5. The van der Waals surface area contributed by atoms with Crippen molar-refractivity contribution in [3.8, 4) is 0 Å². The molecule has 0 aliphatic heterocycles. The highest BCUT2D eigenvalue weighted by Gasteiger charge is 2.28. The van der Waals surface area contributed by atoms with Gasteiger partial charge in [0.05, 0.1) is 47.7 Å². The van der Waals surface area contributed by atoms with Gasteiger partial charge in [-0.05, 0) is 26.7 Å². The van der Waals surface area contributed by atoms with Crippen molar-refractivity contribution >= 4 is 11.9 Å². The van der Waals surface area contributed by atoms with Crippen LogP contribution in [0.3, 0.4) is 0 Å². The summed E-state index contributed by atoms with van der Waals surface area (Å²) in [5.74, 6) is 0.0334. The second-order valence-corrected chi connectivity index (χ2v) is 10.3. The fourth-order valence-corrected chi connectivity index (χ4v) is 1.30. The highest BCUT2D eigenvalue weighted by molar-refractivity contribution is 5.81. The molecule has 0 heterocycles. The number of nitrogens with zero attached hydrogens (tertiary/aromatic N) is 2. The zero-order chi connectivity index (χ0) is 21.4. The fraction of sp³-hybridized carbons (Fsp3) is 0.900. The van der Waals surface area contributed by atoms with Crippen molar-refractivity contribution in [2.24, 2.45) is 10.8 Å². The van der Waals surface area contributed by atoms with Gasteiger partial charge in [0.15, 0.2) is 6.67 Å². The van der Waals surface area contributed by atoms with Gasteiger partial charge in [-0.25, -0.2) is 0 Å². The predicted molar refractivity (Wildman–Crippen MR) is 108 cm³/mol. The van der Waals surface area contributed by atoms with E-state index in [2.05, 4.69) is 26.5 Å². The summed E-state index contributed by atoms with van der Waals surface area (Å²) in [5.41, 5.74) is -0.593. The molecular weight excluding hydrogens is 330 g/mol. The number of hydrogen-bond donors (Lipinski definition) is 1. The molecule has 0 unspecified atom stereocenters. The number of hydrogen-bond acceptors (Lipinski definition) is 3. The first-order chi connectivity index (χ1) is 11.4. The molecule has 0 fully saturated rings. The number of esters is 1. The van der Waals surface area contributed by atoms with E-state index in [0.717, 1.165) is 17.3 Å². The standard InChI is InChI=1S/C10H22N2O.C10H22NO2/c1-7-10(2,3)9(13)11-8-12(4,5)6;1-7-10(2,3)9(12)13-8-11(4,5)6/h2*7-8H2,1-6H3/q;+1/p+1. The maximum Gasteiger partial charge on any atom is 0.315 e. The molecular formula is C20H45N3O3+2. The van der Waals surface area contributed by atoms with Crippen LogP contribution in [0.4, 0.5) is 0 Å². The SMILES string of the molecule is CCC(C)(C)C(=O)NC[N+](C)(C)C.CCC(C)(C)C(=O)OC[N+](C)(C)C. The minimum absolute atomic E-state index is 0.108. The smallest absolute Gasteiger partial charge is 0.315 e. The molecule has 6 heteroatoms. The highest BCUT2D eigenvalue weighted by Crippen LogP contribution is 2.21. The van der Waals surface area contributed by atoms with Crippen molar-refractivity contribution in [1.82, 2.24) is 5.32 Å². The van der Waals surface area contributed by atoms with Crippen LogP contribution >= 0.6 is 0 Å². The second-order valence-electron chi connectivity index (χ2n) is 10.3. The van der Waals surface area contributed by atoms with Gasteiger partial charge in [0.1, 0.15) is 0 Å². The summed E-state index contributed by atoms with van der Waals surface area (Å²) >= 11 is 0. The minimum atomic E-state index is -0.352. The Hall–Kier alpha value is -1.14. The Labute approximate surface area is 162 Å². The van der Waals surface area contributed by atoms with Crippen molar-refractivity contribution in [3.63, 3.8) is 0 Å². The van der Waals surface area contributed by atoms with E-state index in [0.29, 0.717) is 17.9 Å². The average molecular weight is 376 g/mol. The lowest BCUT2D eigenvalue weighted by Gasteiger charge is -2.27. The molecule has 0 aromatic rings. The summed E-state index contributed by atoms with van der Waals surface area (Å²) < 4.78 is 6.60. The zero-order valence-corrected chi connectivity index (χ0v) is 19.4. The molecule has 6 nitrogen and oxygen atoms in total. The normalized spacial score (nSPS) is 12.8. The average Bonchev–Trinajstić information content (AvgIpc) is 2.49. The van der Waals surface area contributed by atoms with Crippen molar-refractivity contribution in [3.05, 3.63) is 0 Å². The molecule has 0 rings (SSSR count). The number of carbonyl (C=O) groups is 2. The molecule has 0 aliphatic rings. The molecule has 0 saturated heterocycles. The Balaban J connectivity index is 0. The lowest BCUT2D eigenvalue weighted by atomic mass is 9.89. The van der Waals surface area contributed by atoms with Gasteiger partial charge in [0.2, 0.25) is 12.6 Å². The summed E-state index contributed by atoms with van der Waals surface area (Å²) in [6.07, 6.45) is 1.68. The van der Waals surface area contributed by atoms with Gasteiger partial charge in [0, 0.05) is 5.41 Å². The summed E-state index contributed by atoms with van der Waals surface area (Å²) in [7, 11) is 12.1. The maximum absolute atomic E-state index is 11.6. The minimum Gasteiger partial charge on any atom is -0.415 e. The first-order valence-corrected chi connectivity index (χ1v) is 9.44. The van der Waals surface area contributed by atoms with Crippen LogP contribution in [0.25, 0.3) is 0 Å². The molecule has 0 spiro atoms. The largest absolute Gasteiger partial charge is 0.415 e. The van der Waals surface area contributed by atoms with E-state index >= 15 is 0 Å². The molecule has 0 aromatic heterocycles. The van der Waals surface area contributed by atoms with Crippen LogP contribution in [0.5, 0.6) is 0 Å². The van der Waals surface area contributed by atoms with E-state index < -0.39 is 0 Å². The lowest BCUT2D eigenvalue weighted by molar-refractivity contribution is -0.888. The number of amides is 1. The number of quaternary nitrogens is 2. The number of nitrogens with one attached hydrogen (secondary N) is 1. The van der Waals surface area contributed by atoms with Crippen molar-refractivity contribution in [2.75, 3.05) is 55.7 Å². The van der Waals surface area contributed by atoms with Gasteiger partial charge < -0.3 is 14.5 Å². The van der Waals surface area contributed by atoms with E-state index in [1.54, 1.807) is 0 Å². The van der Waals surface area contributed by atoms with Gasteiger partial charge in [-0.3, -0.25) is 14.1 Å². The molecule has 26 heavy (non-hydrogen) atoms. The maximum atomic E-state index is 11.6. The van der Waals surface area contributed by atoms with Gasteiger partial charge in [-0.15, -0.1) is 0 Å². The van der Waals surface area contributed by atoms with Crippen molar-refractivity contribution in [1.29, 1.82) is 0 Å². The molecule has 0 atom stereocenters. The summed E-state index contributed by atoms with van der Waals surface area (Å²) in [6.45, 7) is 12.9. The number of rotatable bonds is 8.